The van der Waals surface area contributed by atoms with Gasteiger partial charge in [0.25, 0.3) is 0 Å². The molecule has 0 amide bonds. The Morgan fingerprint density at radius 2 is 1.17 bits per heavy atom. The summed E-state index contributed by atoms with van der Waals surface area (Å²) in [5.74, 6) is 1.88. The molecule has 2 nitrogen and oxygen atoms in total. The molecule has 29 heavy (non-hydrogen) atoms. The SMILES string of the molecule is Oc1ccc2ccccc2c1[C@@H]1c2ccccc2Oc2ccc3ccccc3c21. The summed E-state index contributed by atoms with van der Waals surface area (Å²) in [6, 6.07) is 32.7. The van der Waals surface area contributed by atoms with Crippen LogP contribution in [0.5, 0.6) is 17.2 Å². The van der Waals surface area contributed by atoms with Gasteiger partial charge in [-0.3, -0.25) is 0 Å². The lowest BCUT2D eigenvalue weighted by molar-refractivity contribution is 0.445. The third kappa shape index (κ3) is 2.36. The van der Waals surface area contributed by atoms with Crippen LogP contribution < -0.4 is 4.74 Å². The Hall–Kier alpha value is -3.78. The van der Waals surface area contributed by atoms with Gasteiger partial charge in [0.1, 0.15) is 17.2 Å². The number of ether oxygens (including phenoxy) is 1. The van der Waals surface area contributed by atoms with E-state index in [0.29, 0.717) is 5.75 Å². The molecule has 1 aliphatic heterocycles. The van der Waals surface area contributed by atoms with Crippen molar-refractivity contribution < 1.29 is 9.84 Å². The molecule has 0 saturated heterocycles. The van der Waals surface area contributed by atoms with Gasteiger partial charge in [0.05, 0.1) is 0 Å². The molecule has 1 aliphatic rings. The lowest BCUT2D eigenvalue weighted by Gasteiger charge is -2.31. The first-order valence-corrected chi connectivity index (χ1v) is 9.80. The Morgan fingerprint density at radius 1 is 0.552 bits per heavy atom. The lowest BCUT2D eigenvalue weighted by atomic mass is 9.78. The molecule has 0 bridgehead atoms. The Morgan fingerprint density at radius 3 is 1.97 bits per heavy atom. The van der Waals surface area contributed by atoms with E-state index < -0.39 is 0 Å². The molecule has 0 aliphatic carbocycles. The zero-order chi connectivity index (χ0) is 19.4. The van der Waals surface area contributed by atoms with E-state index in [1.165, 1.54) is 5.39 Å². The molecule has 0 unspecified atom stereocenters. The van der Waals surface area contributed by atoms with Crippen LogP contribution >= 0.6 is 0 Å². The van der Waals surface area contributed by atoms with Crippen molar-refractivity contribution in [3.05, 3.63) is 114 Å². The molecule has 0 fully saturated rings. The molecule has 5 aromatic carbocycles. The van der Waals surface area contributed by atoms with Crippen LogP contribution in [0.3, 0.4) is 0 Å². The van der Waals surface area contributed by atoms with Crippen molar-refractivity contribution >= 4 is 21.5 Å². The number of rotatable bonds is 1. The number of benzene rings is 5. The van der Waals surface area contributed by atoms with Gasteiger partial charge in [0.2, 0.25) is 0 Å². The third-order valence-corrected chi connectivity index (χ3v) is 5.91. The lowest BCUT2D eigenvalue weighted by Crippen LogP contribution is -2.13. The predicted octanol–water partition coefficient (Wildman–Crippen LogP) is 6.98. The van der Waals surface area contributed by atoms with Crippen LogP contribution in [0.4, 0.5) is 0 Å². The van der Waals surface area contributed by atoms with Crippen LogP contribution in [-0.4, -0.2) is 5.11 Å². The van der Waals surface area contributed by atoms with Gasteiger partial charge in [-0.1, -0.05) is 78.9 Å². The van der Waals surface area contributed by atoms with Gasteiger partial charge < -0.3 is 9.84 Å². The first-order valence-electron chi connectivity index (χ1n) is 9.80. The number of phenolic OH excluding ortho intramolecular Hbond substituents is 1. The fourth-order valence-electron chi connectivity index (χ4n) is 4.64. The minimum absolute atomic E-state index is 0.118. The zero-order valence-corrected chi connectivity index (χ0v) is 15.7. The predicted molar refractivity (Wildman–Crippen MR) is 117 cm³/mol. The summed E-state index contributed by atoms with van der Waals surface area (Å²) in [5.41, 5.74) is 3.10. The maximum atomic E-state index is 11.0. The average molecular weight is 374 g/mol. The molecule has 0 radical (unpaired) electrons. The molecule has 0 spiro atoms. The van der Waals surface area contributed by atoms with Crippen LogP contribution in [0.2, 0.25) is 0 Å². The van der Waals surface area contributed by atoms with Crippen LogP contribution in [-0.2, 0) is 0 Å². The minimum Gasteiger partial charge on any atom is -0.508 e. The molecule has 1 heterocycles. The van der Waals surface area contributed by atoms with Crippen molar-refractivity contribution in [1.82, 2.24) is 0 Å². The van der Waals surface area contributed by atoms with Crippen molar-refractivity contribution in [2.45, 2.75) is 5.92 Å². The number of aromatic hydroxyl groups is 1. The average Bonchev–Trinajstić information content (AvgIpc) is 2.78. The van der Waals surface area contributed by atoms with Gasteiger partial charge in [0, 0.05) is 22.6 Å². The maximum Gasteiger partial charge on any atom is 0.132 e. The number of hydrogen-bond acceptors (Lipinski definition) is 2. The van der Waals surface area contributed by atoms with E-state index in [9.17, 15) is 5.11 Å². The molecule has 1 N–H and O–H groups in total. The summed E-state index contributed by atoms with van der Waals surface area (Å²) in [6.07, 6.45) is 0. The van der Waals surface area contributed by atoms with E-state index in [-0.39, 0.29) is 5.92 Å². The monoisotopic (exact) mass is 374 g/mol. The third-order valence-electron chi connectivity index (χ3n) is 5.91. The molecule has 1 atom stereocenters. The number of para-hydroxylation sites is 1. The summed E-state index contributed by atoms with van der Waals surface area (Å²) in [5, 5.41) is 15.5. The Balaban J connectivity index is 1.78. The van der Waals surface area contributed by atoms with E-state index >= 15 is 0 Å². The minimum atomic E-state index is -0.118. The van der Waals surface area contributed by atoms with E-state index in [4.69, 9.17) is 4.74 Å². The highest BCUT2D eigenvalue weighted by Crippen LogP contribution is 2.52. The van der Waals surface area contributed by atoms with Gasteiger partial charge in [0.15, 0.2) is 0 Å². The molecular formula is C27H18O2. The molecule has 138 valence electrons. The highest BCUT2D eigenvalue weighted by atomic mass is 16.5. The van der Waals surface area contributed by atoms with E-state index in [2.05, 4.69) is 48.5 Å². The second kappa shape index (κ2) is 6.11. The molecule has 5 aromatic rings. The quantitative estimate of drug-likeness (QED) is 0.336. The maximum absolute atomic E-state index is 11.0. The topological polar surface area (TPSA) is 29.5 Å². The van der Waals surface area contributed by atoms with Crippen molar-refractivity contribution in [2.75, 3.05) is 0 Å². The number of fused-ring (bicyclic) bond motifs is 5. The van der Waals surface area contributed by atoms with Crippen molar-refractivity contribution in [2.24, 2.45) is 0 Å². The van der Waals surface area contributed by atoms with Gasteiger partial charge in [-0.05, 0) is 39.7 Å². The summed E-state index contributed by atoms with van der Waals surface area (Å²) < 4.78 is 6.31. The van der Waals surface area contributed by atoms with Crippen LogP contribution in [0.25, 0.3) is 21.5 Å². The molecule has 0 aromatic heterocycles. The fourth-order valence-corrected chi connectivity index (χ4v) is 4.64. The fraction of sp³-hybridized carbons (Fsp3) is 0.0370. The highest BCUT2D eigenvalue weighted by molar-refractivity contribution is 5.94. The molecular weight excluding hydrogens is 356 g/mol. The molecule has 0 saturated carbocycles. The zero-order valence-electron chi connectivity index (χ0n) is 15.7. The second-order valence-electron chi connectivity index (χ2n) is 7.49. The standard InChI is InChI=1S/C27H18O2/c28-22-15-13-17-7-1-3-9-19(17)25(22)27-21-11-5-6-12-23(21)29-24-16-14-18-8-2-4-10-20(18)26(24)27/h1-16,27-28H/t27-/m0/s1. The molecule has 6 rings (SSSR count). The first-order chi connectivity index (χ1) is 14.3. The van der Waals surface area contributed by atoms with Crippen LogP contribution in [0.1, 0.15) is 22.6 Å². The summed E-state index contributed by atoms with van der Waals surface area (Å²) in [4.78, 5) is 0. The largest absolute Gasteiger partial charge is 0.508 e. The smallest absolute Gasteiger partial charge is 0.132 e. The van der Waals surface area contributed by atoms with Gasteiger partial charge in [-0.25, -0.2) is 0 Å². The van der Waals surface area contributed by atoms with Gasteiger partial charge in [-0.2, -0.15) is 0 Å². The van der Waals surface area contributed by atoms with Gasteiger partial charge >= 0.3 is 0 Å². The first kappa shape index (κ1) is 16.2. The van der Waals surface area contributed by atoms with E-state index in [0.717, 1.165) is 44.3 Å². The van der Waals surface area contributed by atoms with Crippen molar-refractivity contribution in [3.8, 4) is 17.2 Å². The summed E-state index contributed by atoms with van der Waals surface area (Å²) >= 11 is 0. The second-order valence-corrected chi connectivity index (χ2v) is 7.49. The van der Waals surface area contributed by atoms with Gasteiger partial charge in [-0.15, -0.1) is 0 Å². The summed E-state index contributed by atoms with van der Waals surface area (Å²) in [6.45, 7) is 0. The number of hydrogen-bond donors (Lipinski definition) is 1. The van der Waals surface area contributed by atoms with E-state index in [1.807, 2.05) is 42.5 Å². The molecule has 2 heteroatoms. The highest BCUT2D eigenvalue weighted by Gasteiger charge is 2.32. The Bertz CT molecular complexity index is 1350. The Kier molecular flexibility index (Phi) is 3.41. The summed E-state index contributed by atoms with van der Waals surface area (Å²) in [7, 11) is 0. The van der Waals surface area contributed by atoms with Crippen LogP contribution in [0, 0.1) is 0 Å². The normalized spacial score (nSPS) is 15.0. The van der Waals surface area contributed by atoms with Crippen molar-refractivity contribution in [3.63, 3.8) is 0 Å². The van der Waals surface area contributed by atoms with Crippen LogP contribution in [0.15, 0.2) is 97.1 Å². The van der Waals surface area contributed by atoms with Crippen molar-refractivity contribution in [1.29, 1.82) is 0 Å². The Labute approximate surface area is 168 Å². The van der Waals surface area contributed by atoms with E-state index in [1.54, 1.807) is 6.07 Å². The number of phenols is 1.